The smallest absolute Gasteiger partial charge is 0.160 e. The van der Waals surface area contributed by atoms with Gasteiger partial charge in [-0.2, -0.15) is 0 Å². The van der Waals surface area contributed by atoms with E-state index in [2.05, 4.69) is 46.7 Å². The lowest BCUT2D eigenvalue weighted by atomic mass is 9.88. The van der Waals surface area contributed by atoms with Gasteiger partial charge in [-0.15, -0.1) is 0 Å². The normalized spacial score (nSPS) is 13.9. The van der Waals surface area contributed by atoms with Gasteiger partial charge in [-0.05, 0) is 28.3 Å². The molecular formula is C11H18BrN3O. The number of hydrogen-bond acceptors (Lipinski definition) is 4. The highest BCUT2D eigenvalue weighted by atomic mass is 79.9. The fourth-order valence-corrected chi connectivity index (χ4v) is 1.74. The first-order valence-corrected chi connectivity index (χ1v) is 5.89. The second-order valence-electron chi connectivity index (χ2n) is 4.85. The van der Waals surface area contributed by atoms with E-state index in [1.807, 2.05) is 6.92 Å². The fraction of sp³-hybridized carbons (Fsp3) is 0.636. The Morgan fingerprint density at radius 1 is 1.31 bits per heavy atom. The molecule has 0 fully saturated rings. The largest absolute Gasteiger partial charge is 0.383 e. The van der Waals surface area contributed by atoms with Crippen LogP contribution >= 0.6 is 15.9 Å². The molecular weight excluding hydrogens is 270 g/mol. The molecule has 0 radical (unpaired) electrons. The molecule has 0 saturated heterocycles. The molecule has 16 heavy (non-hydrogen) atoms. The highest BCUT2D eigenvalue weighted by Gasteiger charge is 2.29. The van der Waals surface area contributed by atoms with Crippen molar-refractivity contribution in [1.29, 1.82) is 0 Å². The van der Waals surface area contributed by atoms with Crippen LogP contribution < -0.4 is 5.73 Å². The van der Waals surface area contributed by atoms with Crippen molar-refractivity contribution in [2.24, 2.45) is 5.41 Å². The zero-order valence-electron chi connectivity index (χ0n) is 10.3. The average molecular weight is 288 g/mol. The molecule has 0 spiro atoms. The standard InChI is InChI=1S/C11H18BrN3O/c1-6-7(12)9(13)15-10(14-6)8(16-5)11(2,3)4/h8H,1-5H3,(H2,13,14,15). The van der Waals surface area contributed by atoms with E-state index in [9.17, 15) is 0 Å². The van der Waals surface area contributed by atoms with Gasteiger partial charge in [-0.3, -0.25) is 0 Å². The first-order chi connectivity index (χ1) is 7.27. The summed E-state index contributed by atoms with van der Waals surface area (Å²) >= 11 is 3.34. The van der Waals surface area contributed by atoms with Crippen molar-refractivity contribution >= 4 is 21.7 Å². The number of methoxy groups -OCH3 is 1. The van der Waals surface area contributed by atoms with E-state index in [-0.39, 0.29) is 11.5 Å². The van der Waals surface area contributed by atoms with Gasteiger partial charge in [0.15, 0.2) is 5.82 Å². The van der Waals surface area contributed by atoms with Gasteiger partial charge in [0.2, 0.25) is 0 Å². The van der Waals surface area contributed by atoms with Crippen LogP contribution in [-0.4, -0.2) is 17.1 Å². The average Bonchev–Trinajstić information content (AvgIpc) is 2.12. The van der Waals surface area contributed by atoms with E-state index in [1.165, 1.54) is 0 Å². The Morgan fingerprint density at radius 3 is 2.25 bits per heavy atom. The Balaban J connectivity index is 3.22. The van der Waals surface area contributed by atoms with Crippen molar-refractivity contribution in [3.63, 3.8) is 0 Å². The lowest BCUT2D eigenvalue weighted by molar-refractivity contribution is 0.00864. The zero-order valence-corrected chi connectivity index (χ0v) is 11.9. The summed E-state index contributed by atoms with van der Waals surface area (Å²) in [6.07, 6.45) is -0.165. The molecule has 0 saturated carbocycles. The Labute approximate surface area is 105 Å². The van der Waals surface area contributed by atoms with Crippen LogP contribution in [0.4, 0.5) is 5.82 Å². The molecule has 1 unspecified atom stereocenters. The number of rotatable bonds is 2. The van der Waals surface area contributed by atoms with Crippen LogP contribution in [-0.2, 0) is 4.74 Å². The van der Waals surface area contributed by atoms with Crippen LogP contribution in [0.1, 0.15) is 38.4 Å². The molecule has 1 aromatic rings. The molecule has 1 heterocycles. The molecule has 0 bridgehead atoms. The Bertz CT molecular complexity index is 364. The zero-order chi connectivity index (χ0) is 12.5. The monoisotopic (exact) mass is 287 g/mol. The number of aromatic nitrogens is 2. The molecule has 2 N–H and O–H groups in total. The molecule has 5 heteroatoms. The van der Waals surface area contributed by atoms with E-state index in [4.69, 9.17) is 10.5 Å². The summed E-state index contributed by atoms with van der Waals surface area (Å²) in [5.74, 6) is 1.09. The first-order valence-electron chi connectivity index (χ1n) is 5.09. The SMILES string of the molecule is COC(c1nc(C)c(Br)c(N)n1)C(C)(C)C. The van der Waals surface area contributed by atoms with Gasteiger partial charge in [0.25, 0.3) is 0 Å². The van der Waals surface area contributed by atoms with Gasteiger partial charge in [0, 0.05) is 7.11 Å². The van der Waals surface area contributed by atoms with E-state index in [1.54, 1.807) is 7.11 Å². The number of anilines is 1. The van der Waals surface area contributed by atoms with Gasteiger partial charge < -0.3 is 10.5 Å². The van der Waals surface area contributed by atoms with E-state index in [0.29, 0.717) is 11.6 Å². The molecule has 90 valence electrons. The second-order valence-corrected chi connectivity index (χ2v) is 5.64. The van der Waals surface area contributed by atoms with E-state index >= 15 is 0 Å². The number of nitrogens with two attached hydrogens (primary N) is 1. The van der Waals surface area contributed by atoms with Crippen LogP contribution in [0.3, 0.4) is 0 Å². The summed E-state index contributed by atoms with van der Waals surface area (Å²) in [6, 6.07) is 0. The number of ether oxygens (including phenoxy) is 1. The molecule has 0 aliphatic rings. The summed E-state index contributed by atoms with van der Waals surface area (Å²) in [5, 5.41) is 0. The lowest BCUT2D eigenvalue weighted by Crippen LogP contribution is -2.23. The predicted octanol–water partition coefficient (Wildman–Crippen LogP) is 2.86. The van der Waals surface area contributed by atoms with Crippen molar-refractivity contribution < 1.29 is 4.74 Å². The molecule has 4 nitrogen and oxygen atoms in total. The number of halogens is 1. The van der Waals surface area contributed by atoms with Gasteiger partial charge in [-0.1, -0.05) is 20.8 Å². The minimum absolute atomic E-state index is 0.0680. The fourth-order valence-electron chi connectivity index (χ4n) is 1.57. The van der Waals surface area contributed by atoms with Crippen molar-refractivity contribution in [3.8, 4) is 0 Å². The molecule has 0 aliphatic heterocycles. The van der Waals surface area contributed by atoms with Crippen LogP contribution in [0.25, 0.3) is 0 Å². The number of hydrogen-bond donors (Lipinski definition) is 1. The highest BCUT2D eigenvalue weighted by Crippen LogP contribution is 2.35. The van der Waals surface area contributed by atoms with Crippen LogP contribution in [0.5, 0.6) is 0 Å². The van der Waals surface area contributed by atoms with Gasteiger partial charge in [0.05, 0.1) is 10.2 Å². The molecule has 1 atom stereocenters. The van der Waals surface area contributed by atoms with Crippen molar-refractivity contribution in [3.05, 3.63) is 16.0 Å². The van der Waals surface area contributed by atoms with Crippen molar-refractivity contribution in [2.75, 3.05) is 12.8 Å². The van der Waals surface area contributed by atoms with E-state index in [0.717, 1.165) is 10.2 Å². The summed E-state index contributed by atoms with van der Waals surface area (Å²) in [7, 11) is 1.66. The van der Waals surface area contributed by atoms with Crippen LogP contribution in [0.15, 0.2) is 4.47 Å². The number of nitrogens with zero attached hydrogens (tertiary/aromatic N) is 2. The highest BCUT2D eigenvalue weighted by molar-refractivity contribution is 9.10. The summed E-state index contributed by atoms with van der Waals surface area (Å²) in [4.78, 5) is 8.67. The van der Waals surface area contributed by atoms with Crippen LogP contribution in [0.2, 0.25) is 0 Å². The third-order valence-electron chi connectivity index (χ3n) is 2.32. The molecule has 1 aromatic heterocycles. The summed E-state index contributed by atoms with van der Waals surface area (Å²) < 4.78 is 6.20. The maximum Gasteiger partial charge on any atom is 0.160 e. The van der Waals surface area contributed by atoms with Crippen LogP contribution in [0, 0.1) is 12.3 Å². The second kappa shape index (κ2) is 4.67. The minimum Gasteiger partial charge on any atom is -0.383 e. The number of nitrogen functional groups attached to an aromatic ring is 1. The Hall–Kier alpha value is -0.680. The van der Waals surface area contributed by atoms with Gasteiger partial charge in [-0.25, -0.2) is 9.97 Å². The maximum absolute atomic E-state index is 5.80. The van der Waals surface area contributed by atoms with E-state index < -0.39 is 0 Å². The third kappa shape index (κ3) is 2.71. The number of aryl methyl sites for hydroxylation is 1. The van der Waals surface area contributed by atoms with Crippen molar-refractivity contribution in [1.82, 2.24) is 9.97 Å². The third-order valence-corrected chi connectivity index (χ3v) is 3.30. The molecule has 0 aromatic carbocycles. The minimum atomic E-state index is -0.165. The Kier molecular flexibility index (Phi) is 3.91. The predicted molar refractivity (Wildman–Crippen MR) is 68.1 cm³/mol. The summed E-state index contributed by atoms with van der Waals surface area (Å²) in [6.45, 7) is 8.13. The van der Waals surface area contributed by atoms with Gasteiger partial charge >= 0.3 is 0 Å². The quantitative estimate of drug-likeness (QED) is 0.909. The topological polar surface area (TPSA) is 61.0 Å². The molecule has 0 amide bonds. The lowest BCUT2D eigenvalue weighted by Gasteiger charge is -2.28. The van der Waals surface area contributed by atoms with Crippen molar-refractivity contribution in [2.45, 2.75) is 33.8 Å². The molecule has 1 rings (SSSR count). The molecule has 0 aliphatic carbocycles. The Morgan fingerprint density at radius 2 is 1.88 bits per heavy atom. The maximum atomic E-state index is 5.80. The van der Waals surface area contributed by atoms with Gasteiger partial charge in [0.1, 0.15) is 11.9 Å². The summed E-state index contributed by atoms with van der Waals surface area (Å²) in [5.41, 5.74) is 6.56. The first kappa shape index (κ1) is 13.4.